The topological polar surface area (TPSA) is 43.3 Å². The molecule has 0 saturated carbocycles. The van der Waals surface area contributed by atoms with E-state index < -0.39 is 0 Å². The SMILES string of the molecule is Cc1cc(Br)cn2cc(CCN)nc12.Cl. The van der Waals surface area contributed by atoms with Crippen molar-refractivity contribution in [2.24, 2.45) is 5.73 Å². The van der Waals surface area contributed by atoms with Gasteiger partial charge in [-0.2, -0.15) is 0 Å². The summed E-state index contributed by atoms with van der Waals surface area (Å²) in [5.41, 5.74) is 8.72. The van der Waals surface area contributed by atoms with Gasteiger partial charge in [0.25, 0.3) is 0 Å². The normalized spacial score (nSPS) is 10.3. The third kappa shape index (κ3) is 2.51. The average molecular weight is 291 g/mol. The maximum absolute atomic E-state index is 5.49. The van der Waals surface area contributed by atoms with Crippen LogP contribution in [-0.2, 0) is 6.42 Å². The summed E-state index contributed by atoms with van der Waals surface area (Å²) in [6, 6.07) is 2.06. The zero-order valence-electron chi connectivity index (χ0n) is 8.40. The summed E-state index contributed by atoms with van der Waals surface area (Å²) in [6.45, 7) is 2.70. The molecule has 0 atom stereocenters. The van der Waals surface area contributed by atoms with Crippen LogP contribution in [0.15, 0.2) is 22.9 Å². The molecule has 0 aliphatic carbocycles. The molecule has 2 N–H and O–H groups in total. The Morgan fingerprint density at radius 3 is 2.87 bits per heavy atom. The number of hydrogen-bond donors (Lipinski definition) is 1. The Labute approximate surface area is 103 Å². The molecule has 2 heterocycles. The summed E-state index contributed by atoms with van der Waals surface area (Å²) in [5, 5.41) is 0. The van der Waals surface area contributed by atoms with Crippen molar-refractivity contribution in [3.05, 3.63) is 34.2 Å². The minimum absolute atomic E-state index is 0. The smallest absolute Gasteiger partial charge is 0.139 e. The van der Waals surface area contributed by atoms with Crippen LogP contribution in [0.3, 0.4) is 0 Å². The molecule has 2 rings (SSSR count). The number of imidazole rings is 1. The van der Waals surface area contributed by atoms with Gasteiger partial charge in [-0.15, -0.1) is 12.4 Å². The molecule has 2 aromatic heterocycles. The first kappa shape index (κ1) is 12.5. The minimum Gasteiger partial charge on any atom is -0.330 e. The Hall–Kier alpha value is -0.580. The van der Waals surface area contributed by atoms with Crippen LogP contribution in [-0.4, -0.2) is 15.9 Å². The number of hydrogen-bond acceptors (Lipinski definition) is 2. The maximum Gasteiger partial charge on any atom is 0.139 e. The molecule has 0 unspecified atom stereocenters. The first-order chi connectivity index (χ1) is 6.70. The highest BCUT2D eigenvalue weighted by atomic mass is 79.9. The Morgan fingerprint density at radius 2 is 2.20 bits per heavy atom. The van der Waals surface area contributed by atoms with Gasteiger partial charge in [-0.25, -0.2) is 4.98 Å². The predicted octanol–water partition coefficient (Wildman–Crippen LogP) is 2.33. The fourth-order valence-electron chi connectivity index (χ4n) is 1.54. The van der Waals surface area contributed by atoms with Crippen LogP contribution < -0.4 is 5.73 Å². The summed E-state index contributed by atoms with van der Waals surface area (Å²) >= 11 is 3.46. The highest BCUT2D eigenvalue weighted by Gasteiger charge is 2.04. The molecular formula is C10H13BrClN3. The fraction of sp³-hybridized carbons (Fsp3) is 0.300. The van der Waals surface area contributed by atoms with E-state index in [4.69, 9.17) is 5.73 Å². The zero-order valence-corrected chi connectivity index (χ0v) is 10.8. The van der Waals surface area contributed by atoms with Gasteiger partial charge in [0.1, 0.15) is 5.65 Å². The van der Waals surface area contributed by atoms with Crippen molar-refractivity contribution < 1.29 is 0 Å². The largest absolute Gasteiger partial charge is 0.330 e. The first-order valence-electron chi connectivity index (χ1n) is 4.54. The third-order valence-corrected chi connectivity index (χ3v) is 2.59. The second kappa shape index (κ2) is 4.96. The fourth-order valence-corrected chi connectivity index (χ4v) is 2.11. The summed E-state index contributed by atoms with van der Waals surface area (Å²) in [7, 11) is 0. The van der Waals surface area contributed by atoms with Crippen molar-refractivity contribution in [2.45, 2.75) is 13.3 Å². The standard InChI is InChI=1S/C10H12BrN3.ClH/c1-7-4-8(11)5-14-6-9(2-3-12)13-10(7)14;/h4-6H,2-3,12H2,1H3;1H. The van der Waals surface area contributed by atoms with Gasteiger partial charge in [0, 0.05) is 23.3 Å². The van der Waals surface area contributed by atoms with Crippen molar-refractivity contribution in [2.75, 3.05) is 6.54 Å². The van der Waals surface area contributed by atoms with Gasteiger partial charge < -0.3 is 10.1 Å². The molecule has 0 fully saturated rings. The van der Waals surface area contributed by atoms with Crippen LogP contribution in [0, 0.1) is 6.92 Å². The number of aryl methyl sites for hydroxylation is 1. The molecule has 0 bridgehead atoms. The van der Waals surface area contributed by atoms with Crippen LogP contribution in [0.2, 0.25) is 0 Å². The molecule has 2 aromatic rings. The van der Waals surface area contributed by atoms with E-state index in [-0.39, 0.29) is 12.4 Å². The Morgan fingerprint density at radius 1 is 1.47 bits per heavy atom. The molecule has 0 aliphatic heterocycles. The number of fused-ring (bicyclic) bond motifs is 1. The van der Waals surface area contributed by atoms with E-state index in [1.165, 1.54) is 5.56 Å². The average Bonchev–Trinajstić information content (AvgIpc) is 2.48. The van der Waals surface area contributed by atoms with Gasteiger partial charge in [0.2, 0.25) is 0 Å². The highest BCUT2D eigenvalue weighted by molar-refractivity contribution is 9.10. The maximum atomic E-state index is 5.49. The lowest BCUT2D eigenvalue weighted by Gasteiger charge is -1.97. The molecule has 15 heavy (non-hydrogen) atoms. The lowest BCUT2D eigenvalue weighted by molar-refractivity contribution is 0.937. The first-order valence-corrected chi connectivity index (χ1v) is 5.34. The van der Waals surface area contributed by atoms with Crippen LogP contribution in [0.4, 0.5) is 0 Å². The third-order valence-electron chi connectivity index (χ3n) is 2.15. The van der Waals surface area contributed by atoms with Crippen molar-refractivity contribution in [1.82, 2.24) is 9.38 Å². The van der Waals surface area contributed by atoms with Gasteiger partial charge in [0.15, 0.2) is 0 Å². The Bertz CT molecular complexity index is 467. The van der Waals surface area contributed by atoms with Crippen molar-refractivity contribution in [3.63, 3.8) is 0 Å². The second-order valence-electron chi connectivity index (χ2n) is 3.34. The molecule has 0 radical (unpaired) electrons. The van der Waals surface area contributed by atoms with Crippen molar-refractivity contribution in [1.29, 1.82) is 0 Å². The zero-order chi connectivity index (χ0) is 10.1. The van der Waals surface area contributed by atoms with Gasteiger partial charge in [-0.3, -0.25) is 0 Å². The van der Waals surface area contributed by atoms with E-state index >= 15 is 0 Å². The summed E-state index contributed by atoms with van der Waals surface area (Å²) in [4.78, 5) is 4.51. The Balaban J connectivity index is 0.00000112. The number of pyridine rings is 1. The molecule has 82 valence electrons. The van der Waals surface area contributed by atoms with E-state index in [2.05, 4.69) is 33.9 Å². The van der Waals surface area contributed by atoms with Crippen LogP contribution in [0.25, 0.3) is 5.65 Å². The lowest BCUT2D eigenvalue weighted by atomic mass is 10.3. The monoisotopic (exact) mass is 289 g/mol. The van der Waals surface area contributed by atoms with Crippen LogP contribution in [0.5, 0.6) is 0 Å². The molecule has 0 amide bonds. The number of nitrogens with two attached hydrogens (primary N) is 1. The van der Waals surface area contributed by atoms with E-state index in [1.807, 2.05) is 16.8 Å². The summed E-state index contributed by atoms with van der Waals surface area (Å²) in [6.07, 6.45) is 4.87. The van der Waals surface area contributed by atoms with E-state index in [0.717, 1.165) is 22.2 Å². The van der Waals surface area contributed by atoms with E-state index in [9.17, 15) is 0 Å². The van der Waals surface area contributed by atoms with Gasteiger partial charge in [-0.1, -0.05) is 0 Å². The van der Waals surface area contributed by atoms with Gasteiger partial charge in [-0.05, 0) is 41.0 Å². The molecule has 3 nitrogen and oxygen atoms in total. The molecular weight excluding hydrogens is 277 g/mol. The minimum atomic E-state index is 0. The summed E-state index contributed by atoms with van der Waals surface area (Å²) in [5.74, 6) is 0. The number of nitrogens with zero attached hydrogens (tertiary/aromatic N) is 2. The molecule has 0 aromatic carbocycles. The molecule has 5 heteroatoms. The molecule has 0 saturated heterocycles. The summed E-state index contributed by atoms with van der Waals surface area (Å²) < 4.78 is 3.10. The number of halogens is 2. The van der Waals surface area contributed by atoms with Crippen molar-refractivity contribution >= 4 is 34.0 Å². The lowest BCUT2D eigenvalue weighted by Crippen LogP contribution is -2.02. The Kier molecular flexibility index (Phi) is 4.13. The highest BCUT2D eigenvalue weighted by Crippen LogP contribution is 2.17. The molecule has 0 spiro atoms. The van der Waals surface area contributed by atoms with Crippen molar-refractivity contribution in [3.8, 4) is 0 Å². The quantitative estimate of drug-likeness (QED) is 0.922. The van der Waals surface area contributed by atoms with Gasteiger partial charge >= 0.3 is 0 Å². The van der Waals surface area contributed by atoms with E-state index in [0.29, 0.717) is 6.54 Å². The van der Waals surface area contributed by atoms with Crippen LogP contribution >= 0.6 is 28.3 Å². The second-order valence-corrected chi connectivity index (χ2v) is 4.26. The van der Waals surface area contributed by atoms with Crippen LogP contribution in [0.1, 0.15) is 11.3 Å². The van der Waals surface area contributed by atoms with E-state index in [1.54, 1.807) is 0 Å². The van der Waals surface area contributed by atoms with Gasteiger partial charge in [0.05, 0.1) is 5.69 Å². The number of aromatic nitrogens is 2. The molecule has 0 aliphatic rings. The predicted molar refractivity (Wildman–Crippen MR) is 67.6 cm³/mol. The number of rotatable bonds is 2.